The molecule has 0 saturated carbocycles. The van der Waals surface area contributed by atoms with E-state index in [1.165, 1.54) is 19.5 Å². The third-order valence-corrected chi connectivity index (χ3v) is 4.96. The molecule has 0 spiro atoms. The minimum atomic E-state index is -0.122. The molecule has 2 unspecified atom stereocenters. The van der Waals surface area contributed by atoms with Crippen molar-refractivity contribution < 1.29 is 9.84 Å². The first-order chi connectivity index (χ1) is 9.67. The quantitative estimate of drug-likeness (QED) is 0.697. The lowest BCUT2D eigenvalue weighted by Crippen LogP contribution is -2.45. The van der Waals surface area contributed by atoms with Gasteiger partial charge in [-0.05, 0) is 46.3 Å². The van der Waals surface area contributed by atoms with Crippen molar-refractivity contribution in [2.75, 3.05) is 59.6 Å². The van der Waals surface area contributed by atoms with E-state index in [1.807, 2.05) is 7.05 Å². The zero-order valence-corrected chi connectivity index (χ0v) is 13.1. The standard InChI is InChI=1S/C15H31N3O2/c1-15(13-19,16-2)5-3-6-17-7-4-14(12-17)18-8-10-20-11-9-18/h14,16,19H,3-13H2,1-2H3. The fraction of sp³-hybridized carbons (Fsp3) is 1.00. The first kappa shape index (κ1) is 16.2. The molecule has 2 rings (SSSR count). The summed E-state index contributed by atoms with van der Waals surface area (Å²) in [5.74, 6) is 0. The van der Waals surface area contributed by atoms with Crippen molar-refractivity contribution in [2.24, 2.45) is 0 Å². The molecule has 0 aromatic carbocycles. The summed E-state index contributed by atoms with van der Waals surface area (Å²) in [4.78, 5) is 5.17. The molecule has 2 N–H and O–H groups in total. The molecule has 0 amide bonds. The number of nitrogens with zero attached hydrogens (tertiary/aromatic N) is 2. The smallest absolute Gasteiger partial charge is 0.0610 e. The number of hydrogen-bond donors (Lipinski definition) is 2. The molecule has 5 heteroatoms. The topological polar surface area (TPSA) is 48.0 Å². The molecule has 0 bridgehead atoms. The Morgan fingerprint density at radius 3 is 2.70 bits per heavy atom. The SMILES string of the molecule is CNC(C)(CO)CCCN1CCC(N2CCOCC2)C1. The largest absolute Gasteiger partial charge is 0.394 e. The van der Waals surface area contributed by atoms with Gasteiger partial charge >= 0.3 is 0 Å². The lowest BCUT2D eigenvalue weighted by atomic mass is 9.97. The van der Waals surface area contributed by atoms with Gasteiger partial charge in [0, 0.05) is 31.2 Å². The number of aliphatic hydroxyl groups excluding tert-OH is 1. The van der Waals surface area contributed by atoms with Crippen molar-refractivity contribution in [3.05, 3.63) is 0 Å². The zero-order chi connectivity index (χ0) is 14.4. The Labute approximate surface area is 123 Å². The summed E-state index contributed by atoms with van der Waals surface area (Å²) >= 11 is 0. The fourth-order valence-electron chi connectivity index (χ4n) is 3.23. The summed E-state index contributed by atoms with van der Waals surface area (Å²) in [7, 11) is 1.93. The number of aliphatic hydroxyl groups is 1. The summed E-state index contributed by atoms with van der Waals surface area (Å²) in [6.07, 6.45) is 3.47. The van der Waals surface area contributed by atoms with E-state index in [-0.39, 0.29) is 12.1 Å². The minimum Gasteiger partial charge on any atom is -0.394 e. The Hall–Kier alpha value is -0.200. The van der Waals surface area contributed by atoms with Crippen LogP contribution in [0.2, 0.25) is 0 Å². The minimum absolute atomic E-state index is 0.122. The molecule has 0 aromatic heterocycles. The fourth-order valence-corrected chi connectivity index (χ4v) is 3.23. The monoisotopic (exact) mass is 285 g/mol. The van der Waals surface area contributed by atoms with Gasteiger partial charge in [0.1, 0.15) is 0 Å². The van der Waals surface area contributed by atoms with Gasteiger partial charge < -0.3 is 20.1 Å². The molecular formula is C15H31N3O2. The maximum absolute atomic E-state index is 9.39. The maximum Gasteiger partial charge on any atom is 0.0610 e. The van der Waals surface area contributed by atoms with E-state index in [0.717, 1.165) is 51.7 Å². The van der Waals surface area contributed by atoms with Crippen LogP contribution < -0.4 is 5.32 Å². The van der Waals surface area contributed by atoms with E-state index >= 15 is 0 Å². The Morgan fingerprint density at radius 2 is 2.05 bits per heavy atom. The lowest BCUT2D eigenvalue weighted by Gasteiger charge is -2.32. The summed E-state index contributed by atoms with van der Waals surface area (Å²) in [6.45, 7) is 9.86. The Morgan fingerprint density at radius 1 is 1.30 bits per heavy atom. The van der Waals surface area contributed by atoms with Crippen LogP contribution in [0.1, 0.15) is 26.2 Å². The summed E-state index contributed by atoms with van der Waals surface area (Å²) in [6, 6.07) is 0.729. The predicted octanol–water partition coefficient (Wildman–Crippen LogP) is 0.144. The number of morpholine rings is 1. The predicted molar refractivity (Wildman–Crippen MR) is 81.0 cm³/mol. The van der Waals surface area contributed by atoms with Crippen LogP contribution in [0.3, 0.4) is 0 Å². The first-order valence-corrected chi connectivity index (χ1v) is 8.01. The molecule has 2 saturated heterocycles. The molecule has 2 aliphatic heterocycles. The van der Waals surface area contributed by atoms with Gasteiger partial charge in [0.05, 0.1) is 19.8 Å². The van der Waals surface area contributed by atoms with E-state index in [0.29, 0.717) is 0 Å². The van der Waals surface area contributed by atoms with Crippen molar-refractivity contribution in [1.82, 2.24) is 15.1 Å². The van der Waals surface area contributed by atoms with Crippen LogP contribution in [0.5, 0.6) is 0 Å². The van der Waals surface area contributed by atoms with Crippen LogP contribution in [0.25, 0.3) is 0 Å². The summed E-state index contributed by atoms with van der Waals surface area (Å²) < 4.78 is 5.43. The molecule has 2 fully saturated rings. The highest BCUT2D eigenvalue weighted by Crippen LogP contribution is 2.18. The molecule has 2 heterocycles. The van der Waals surface area contributed by atoms with E-state index in [2.05, 4.69) is 22.0 Å². The van der Waals surface area contributed by atoms with Crippen LogP contribution in [-0.4, -0.2) is 86.1 Å². The van der Waals surface area contributed by atoms with Gasteiger partial charge in [-0.1, -0.05) is 0 Å². The first-order valence-electron chi connectivity index (χ1n) is 8.01. The van der Waals surface area contributed by atoms with Crippen molar-refractivity contribution in [2.45, 2.75) is 37.8 Å². The number of rotatable bonds is 7. The normalized spacial score (nSPS) is 28.6. The molecule has 5 nitrogen and oxygen atoms in total. The number of likely N-dealkylation sites (N-methyl/N-ethyl adjacent to an activating group) is 1. The van der Waals surface area contributed by atoms with Crippen LogP contribution >= 0.6 is 0 Å². The third-order valence-electron chi connectivity index (χ3n) is 4.96. The van der Waals surface area contributed by atoms with Crippen molar-refractivity contribution >= 4 is 0 Å². The highest BCUT2D eigenvalue weighted by atomic mass is 16.5. The second-order valence-electron chi connectivity index (χ2n) is 6.46. The number of likely N-dealkylation sites (tertiary alicyclic amines) is 1. The second kappa shape index (κ2) is 7.71. The molecule has 0 aromatic rings. The van der Waals surface area contributed by atoms with Gasteiger partial charge in [0.2, 0.25) is 0 Å². The third kappa shape index (κ3) is 4.40. The zero-order valence-electron chi connectivity index (χ0n) is 13.1. The van der Waals surface area contributed by atoms with Crippen molar-refractivity contribution in [3.8, 4) is 0 Å². The van der Waals surface area contributed by atoms with E-state index in [1.54, 1.807) is 0 Å². The molecule has 2 aliphatic rings. The molecule has 0 aliphatic carbocycles. The lowest BCUT2D eigenvalue weighted by molar-refractivity contribution is 0.0184. The van der Waals surface area contributed by atoms with E-state index in [9.17, 15) is 5.11 Å². The Kier molecular flexibility index (Phi) is 6.23. The summed E-state index contributed by atoms with van der Waals surface area (Å²) in [5.41, 5.74) is -0.122. The van der Waals surface area contributed by atoms with Crippen LogP contribution in [0.15, 0.2) is 0 Å². The Balaban J connectivity index is 1.65. The van der Waals surface area contributed by atoms with Crippen LogP contribution in [0.4, 0.5) is 0 Å². The van der Waals surface area contributed by atoms with E-state index in [4.69, 9.17) is 4.74 Å². The van der Waals surface area contributed by atoms with Gasteiger partial charge in [-0.15, -0.1) is 0 Å². The van der Waals surface area contributed by atoms with E-state index < -0.39 is 0 Å². The molecule has 118 valence electrons. The highest BCUT2D eigenvalue weighted by Gasteiger charge is 2.29. The highest BCUT2D eigenvalue weighted by molar-refractivity contribution is 4.86. The van der Waals surface area contributed by atoms with Gasteiger partial charge in [-0.3, -0.25) is 4.90 Å². The van der Waals surface area contributed by atoms with Gasteiger partial charge in [0.15, 0.2) is 0 Å². The van der Waals surface area contributed by atoms with Gasteiger partial charge in [-0.25, -0.2) is 0 Å². The average molecular weight is 285 g/mol. The van der Waals surface area contributed by atoms with Crippen LogP contribution in [0, 0.1) is 0 Å². The Bertz CT molecular complexity index is 278. The van der Waals surface area contributed by atoms with Gasteiger partial charge in [-0.2, -0.15) is 0 Å². The number of ether oxygens (including phenoxy) is 1. The summed E-state index contributed by atoms with van der Waals surface area (Å²) in [5, 5.41) is 12.6. The molecule has 20 heavy (non-hydrogen) atoms. The molecular weight excluding hydrogens is 254 g/mol. The van der Waals surface area contributed by atoms with Crippen molar-refractivity contribution in [1.29, 1.82) is 0 Å². The average Bonchev–Trinajstić information content (AvgIpc) is 2.97. The van der Waals surface area contributed by atoms with Crippen LogP contribution in [-0.2, 0) is 4.74 Å². The maximum atomic E-state index is 9.39. The second-order valence-corrected chi connectivity index (χ2v) is 6.46. The number of hydrogen-bond acceptors (Lipinski definition) is 5. The van der Waals surface area contributed by atoms with Crippen molar-refractivity contribution in [3.63, 3.8) is 0 Å². The van der Waals surface area contributed by atoms with Gasteiger partial charge in [0.25, 0.3) is 0 Å². The molecule has 0 radical (unpaired) electrons. The molecule has 2 atom stereocenters. The number of nitrogens with one attached hydrogen (secondary N) is 1.